The van der Waals surface area contributed by atoms with Crippen LogP contribution in [0.2, 0.25) is 0 Å². The SMILES string of the molecule is O=C(NCc1ccccn1)C(=O)Nc1ccccc1C(=O)N1CCCC1. The van der Waals surface area contributed by atoms with Gasteiger partial charge >= 0.3 is 11.8 Å². The number of benzene rings is 1. The van der Waals surface area contributed by atoms with E-state index in [9.17, 15) is 14.4 Å². The van der Waals surface area contributed by atoms with Gasteiger partial charge in [0.2, 0.25) is 0 Å². The molecule has 0 atom stereocenters. The van der Waals surface area contributed by atoms with Crippen LogP contribution in [-0.2, 0) is 16.1 Å². The molecule has 3 amide bonds. The van der Waals surface area contributed by atoms with Crippen LogP contribution in [0.4, 0.5) is 5.69 Å². The predicted octanol–water partition coefficient (Wildman–Crippen LogP) is 1.57. The van der Waals surface area contributed by atoms with Crippen molar-refractivity contribution in [1.29, 1.82) is 0 Å². The highest BCUT2D eigenvalue weighted by molar-refractivity contribution is 6.40. The number of amides is 3. The second-order valence-electron chi connectivity index (χ2n) is 6.00. The molecular formula is C19H20N4O3. The quantitative estimate of drug-likeness (QED) is 0.817. The van der Waals surface area contributed by atoms with Crippen molar-refractivity contribution in [3.63, 3.8) is 0 Å². The molecule has 7 nitrogen and oxygen atoms in total. The highest BCUT2D eigenvalue weighted by Gasteiger charge is 2.23. The first-order valence-electron chi connectivity index (χ1n) is 8.52. The average Bonchev–Trinajstić information content (AvgIpc) is 3.21. The van der Waals surface area contributed by atoms with Crippen molar-refractivity contribution < 1.29 is 14.4 Å². The molecule has 1 aromatic heterocycles. The molecule has 0 unspecified atom stereocenters. The van der Waals surface area contributed by atoms with Crippen molar-refractivity contribution in [1.82, 2.24) is 15.2 Å². The number of pyridine rings is 1. The lowest BCUT2D eigenvalue weighted by Crippen LogP contribution is -2.36. The summed E-state index contributed by atoms with van der Waals surface area (Å²) in [5.74, 6) is -1.73. The van der Waals surface area contributed by atoms with Gasteiger partial charge in [-0.05, 0) is 37.1 Å². The number of likely N-dealkylation sites (tertiary alicyclic amines) is 1. The van der Waals surface area contributed by atoms with Crippen molar-refractivity contribution in [2.75, 3.05) is 18.4 Å². The van der Waals surface area contributed by atoms with Crippen molar-refractivity contribution in [3.05, 3.63) is 59.9 Å². The van der Waals surface area contributed by atoms with Crippen LogP contribution in [-0.4, -0.2) is 40.7 Å². The van der Waals surface area contributed by atoms with Crippen LogP contribution < -0.4 is 10.6 Å². The zero-order valence-corrected chi connectivity index (χ0v) is 14.3. The number of hydrogen-bond donors (Lipinski definition) is 2. The molecule has 1 fully saturated rings. The van der Waals surface area contributed by atoms with Gasteiger partial charge in [-0.15, -0.1) is 0 Å². The lowest BCUT2D eigenvalue weighted by atomic mass is 10.1. The normalized spacial score (nSPS) is 13.3. The van der Waals surface area contributed by atoms with Crippen molar-refractivity contribution in [2.45, 2.75) is 19.4 Å². The summed E-state index contributed by atoms with van der Waals surface area (Å²) in [6, 6.07) is 12.0. The molecular weight excluding hydrogens is 332 g/mol. The maximum atomic E-state index is 12.6. The van der Waals surface area contributed by atoms with Crippen molar-refractivity contribution in [3.8, 4) is 0 Å². The summed E-state index contributed by atoms with van der Waals surface area (Å²) in [6.45, 7) is 1.58. The number of nitrogens with one attached hydrogen (secondary N) is 2. The summed E-state index contributed by atoms with van der Waals surface area (Å²) in [7, 11) is 0. The van der Waals surface area contributed by atoms with E-state index in [1.165, 1.54) is 0 Å². The third kappa shape index (κ3) is 4.24. The Kier molecular flexibility index (Phi) is 5.58. The van der Waals surface area contributed by atoms with E-state index in [1.54, 1.807) is 53.6 Å². The molecule has 2 N–H and O–H groups in total. The summed E-state index contributed by atoms with van der Waals surface area (Å²) in [5.41, 5.74) is 1.38. The Hall–Kier alpha value is -3.22. The van der Waals surface area contributed by atoms with E-state index in [2.05, 4.69) is 15.6 Å². The van der Waals surface area contributed by atoms with Gasteiger partial charge in [0, 0.05) is 19.3 Å². The smallest absolute Gasteiger partial charge is 0.313 e. The highest BCUT2D eigenvalue weighted by Crippen LogP contribution is 2.20. The van der Waals surface area contributed by atoms with Crippen LogP contribution >= 0.6 is 0 Å². The monoisotopic (exact) mass is 352 g/mol. The third-order valence-electron chi connectivity index (χ3n) is 4.16. The lowest BCUT2D eigenvalue weighted by molar-refractivity contribution is -0.136. The van der Waals surface area contributed by atoms with Gasteiger partial charge in [0.15, 0.2) is 0 Å². The van der Waals surface area contributed by atoms with Crippen LogP contribution in [0.5, 0.6) is 0 Å². The average molecular weight is 352 g/mol. The second-order valence-corrected chi connectivity index (χ2v) is 6.00. The lowest BCUT2D eigenvalue weighted by Gasteiger charge is -2.17. The number of carbonyl (C=O) groups is 3. The van der Waals surface area contributed by atoms with E-state index in [-0.39, 0.29) is 12.5 Å². The summed E-state index contributed by atoms with van der Waals surface area (Å²) >= 11 is 0. The van der Waals surface area contributed by atoms with Gasteiger partial charge < -0.3 is 15.5 Å². The molecule has 134 valence electrons. The Bertz CT molecular complexity index is 801. The molecule has 1 aromatic carbocycles. The highest BCUT2D eigenvalue weighted by atomic mass is 16.2. The van der Waals surface area contributed by atoms with Gasteiger partial charge in [-0.1, -0.05) is 18.2 Å². The topological polar surface area (TPSA) is 91.4 Å². The summed E-state index contributed by atoms with van der Waals surface area (Å²) in [5, 5.41) is 5.05. The van der Waals surface area contributed by atoms with E-state index in [4.69, 9.17) is 0 Å². The molecule has 26 heavy (non-hydrogen) atoms. The molecule has 0 aliphatic carbocycles. The number of anilines is 1. The molecule has 0 saturated carbocycles. The zero-order valence-electron chi connectivity index (χ0n) is 14.3. The Morgan fingerprint density at radius 1 is 0.962 bits per heavy atom. The van der Waals surface area contributed by atoms with Gasteiger partial charge in [0.1, 0.15) is 0 Å². The fourth-order valence-electron chi connectivity index (χ4n) is 2.80. The number of rotatable bonds is 4. The molecule has 1 aliphatic rings. The zero-order chi connectivity index (χ0) is 18.4. The van der Waals surface area contributed by atoms with Crippen LogP contribution in [0.25, 0.3) is 0 Å². The Morgan fingerprint density at radius 3 is 2.42 bits per heavy atom. The van der Waals surface area contributed by atoms with Crippen molar-refractivity contribution >= 4 is 23.4 Å². The van der Waals surface area contributed by atoms with E-state index >= 15 is 0 Å². The molecule has 1 aliphatic heterocycles. The van der Waals surface area contributed by atoms with Gasteiger partial charge in [0.05, 0.1) is 23.5 Å². The number of hydrogen-bond acceptors (Lipinski definition) is 4. The van der Waals surface area contributed by atoms with Gasteiger partial charge in [-0.2, -0.15) is 0 Å². The maximum absolute atomic E-state index is 12.6. The maximum Gasteiger partial charge on any atom is 0.313 e. The van der Waals surface area contributed by atoms with Crippen molar-refractivity contribution in [2.24, 2.45) is 0 Å². The molecule has 2 heterocycles. The molecule has 0 spiro atoms. The molecule has 3 rings (SSSR count). The Morgan fingerprint density at radius 2 is 1.69 bits per heavy atom. The van der Waals surface area contributed by atoms with E-state index < -0.39 is 11.8 Å². The van der Waals surface area contributed by atoms with Crippen LogP contribution in [0.3, 0.4) is 0 Å². The third-order valence-corrected chi connectivity index (χ3v) is 4.16. The Labute approximate surface area is 151 Å². The molecule has 1 saturated heterocycles. The first kappa shape index (κ1) is 17.6. The minimum Gasteiger partial charge on any atom is -0.342 e. The summed E-state index contributed by atoms with van der Waals surface area (Å²) in [6.07, 6.45) is 3.58. The standard InChI is InChI=1S/C19H20N4O3/c24-17(21-13-14-7-3-4-10-20-14)18(25)22-16-9-2-1-8-15(16)19(26)23-11-5-6-12-23/h1-4,7-10H,5-6,11-13H2,(H,21,24)(H,22,25). The summed E-state index contributed by atoms with van der Waals surface area (Å²) < 4.78 is 0. The first-order chi connectivity index (χ1) is 12.6. The fourth-order valence-corrected chi connectivity index (χ4v) is 2.80. The fraction of sp³-hybridized carbons (Fsp3) is 0.263. The largest absolute Gasteiger partial charge is 0.342 e. The predicted molar refractivity (Wildman–Crippen MR) is 96.3 cm³/mol. The minimum absolute atomic E-state index is 0.132. The minimum atomic E-state index is -0.817. The number of aromatic nitrogens is 1. The second kappa shape index (κ2) is 8.24. The number of carbonyl (C=O) groups excluding carboxylic acids is 3. The van der Waals surface area contributed by atoms with E-state index in [0.29, 0.717) is 30.0 Å². The molecule has 7 heteroatoms. The van der Waals surface area contributed by atoms with Gasteiger partial charge in [0.25, 0.3) is 5.91 Å². The van der Waals surface area contributed by atoms with Crippen LogP contribution in [0.15, 0.2) is 48.7 Å². The van der Waals surface area contributed by atoms with Crippen LogP contribution in [0, 0.1) is 0 Å². The molecule has 2 aromatic rings. The Balaban J connectivity index is 1.63. The molecule has 0 bridgehead atoms. The van der Waals surface area contributed by atoms with E-state index in [0.717, 1.165) is 12.8 Å². The first-order valence-corrected chi connectivity index (χ1v) is 8.52. The molecule has 0 radical (unpaired) electrons. The van der Waals surface area contributed by atoms with Gasteiger partial charge in [-0.3, -0.25) is 19.4 Å². The number of nitrogens with zero attached hydrogens (tertiary/aromatic N) is 2. The number of para-hydroxylation sites is 1. The summed E-state index contributed by atoms with van der Waals surface area (Å²) in [4.78, 5) is 42.6. The van der Waals surface area contributed by atoms with Gasteiger partial charge in [-0.25, -0.2) is 0 Å². The van der Waals surface area contributed by atoms with E-state index in [1.807, 2.05) is 0 Å². The van der Waals surface area contributed by atoms with Crippen LogP contribution in [0.1, 0.15) is 28.9 Å².